The van der Waals surface area contributed by atoms with Gasteiger partial charge in [0.15, 0.2) is 5.96 Å². The molecule has 0 aliphatic heterocycles. The third-order valence-corrected chi connectivity index (χ3v) is 3.46. The summed E-state index contributed by atoms with van der Waals surface area (Å²) in [5.41, 5.74) is 8.10. The lowest BCUT2D eigenvalue weighted by Crippen LogP contribution is -2.22. The molecule has 0 spiro atoms. The van der Waals surface area contributed by atoms with E-state index in [2.05, 4.69) is 41.3 Å². The first-order valence-corrected chi connectivity index (χ1v) is 7.08. The quantitative estimate of drug-likeness (QED) is 0.665. The van der Waals surface area contributed by atoms with Crippen LogP contribution in [0.25, 0.3) is 0 Å². The number of guanidine groups is 1. The molecule has 5 heteroatoms. The predicted octanol–water partition coefficient (Wildman–Crippen LogP) is 3.19. The van der Waals surface area contributed by atoms with E-state index in [0.717, 1.165) is 10.7 Å². The van der Waals surface area contributed by atoms with Gasteiger partial charge < -0.3 is 11.1 Å². The molecule has 0 bridgehead atoms. The summed E-state index contributed by atoms with van der Waals surface area (Å²) in [6, 6.07) is 8.21. The molecule has 100 valence electrons. The molecule has 0 radical (unpaired) electrons. The molecule has 0 amide bonds. The summed E-state index contributed by atoms with van der Waals surface area (Å²) in [5, 5.41) is 5.99. The second kappa shape index (κ2) is 6.33. The first-order chi connectivity index (χ1) is 9.15. The van der Waals surface area contributed by atoms with Crippen LogP contribution in [0.2, 0.25) is 0 Å². The summed E-state index contributed by atoms with van der Waals surface area (Å²) in [7, 11) is 0. The van der Waals surface area contributed by atoms with Crippen LogP contribution in [0.4, 0.5) is 5.69 Å². The number of hydrogen-bond acceptors (Lipinski definition) is 3. The van der Waals surface area contributed by atoms with Gasteiger partial charge in [0.25, 0.3) is 0 Å². The molecule has 2 rings (SSSR count). The fourth-order valence-corrected chi connectivity index (χ4v) is 2.19. The van der Waals surface area contributed by atoms with Crippen LogP contribution < -0.4 is 11.1 Å². The standard InChI is InChI=1S/C14H18N4S/c1-10(2)11-4-3-5-12(8-11)18-14(15)17-9-13-16-6-7-19-13/h3-8,10H,9H2,1-2H3,(H3,15,17,18). The predicted molar refractivity (Wildman–Crippen MR) is 81.6 cm³/mol. The molecule has 0 atom stereocenters. The lowest BCUT2D eigenvalue weighted by Gasteiger charge is -2.09. The minimum Gasteiger partial charge on any atom is -0.370 e. The molecule has 0 saturated heterocycles. The molecule has 0 aliphatic carbocycles. The summed E-state index contributed by atoms with van der Waals surface area (Å²) in [6.45, 7) is 4.85. The maximum atomic E-state index is 5.86. The van der Waals surface area contributed by atoms with Crippen molar-refractivity contribution in [1.82, 2.24) is 4.98 Å². The van der Waals surface area contributed by atoms with E-state index >= 15 is 0 Å². The van der Waals surface area contributed by atoms with Crippen molar-refractivity contribution >= 4 is 23.0 Å². The zero-order valence-corrected chi connectivity index (χ0v) is 11.9. The highest BCUT2D eigenvalue weighted by molar-refractivity contribution is 7.09. The number of thiazole rings is 1. The summed E-state index contributed by atoms with van der Waals surface area (Å²) in [4.78, 5) is 8.43. The van der Waals surface area contributed by atoms with Crippen LogP contribution in [0.15, 0.2) is 40.8 Å². The zero-order chi connectivity index (χ0) is 13.7. The Morgan fingerprint density at radius 2 is 2.32 bits per heavy atom. The normalized spacial score (nSPS) is 11.8. The third kappa shape index (κ3) is 4.06. The van der Waals surface area contributed by atoms with Crippen LogP contribution in [0.5, 0.6) is 0 Å². The van der Waals surface area contributed by atoms with E-state index < -0.39 is 0 Å². The van der Waals surface area contributed by atoms with Gasteiger partial charge in [0.2, 0.25) is 0 Å². The number of anilines is 1. The number of aromatic nitrogens is 1. The molecule has 3 N–H and O–H groups in total. The van der Waals surface area contributed by atoms with Gasteiger partial charge >= 0.3 is 0 Å². The van der Waals surface area contributed by atoms with Crippen molar-refractivity contribution in [2.24, 2.45) is 10.7 Å². The Kier molecular flexibility index (Phi) is 4.52. The lowest BCUT2D eigenvalue weighted by molar-refractivity contribution is 0.867. The van der Waals surface area contributed by atoms with Crippen molar-refractivity contribution < 1.29 is 0 Å². The minimum absolute atomic E-state index is 0.413. The van der Waals surface area contributed by atoms with Gasteiger partial charge in [-0.3, -0.25) is 0 Å². The highest BCUT2D eigenvalue weighted by Gasteiger charge is 2.01. The Bertz CT molecular complexity index is 546. The third-order valence-electron chi connectivity index (χ3n) is 2.69. The average Bonchev–Trinajstić information content (AvgIpc) is 2.90. The van der Waals surface area contributed by atoms with Gasteiger partial charge in [-0.25, -0.2) is 9.98 Å². The summed E-state index contributed by atoms with van der Waals surface area (Å²) >= 11 is 1.58. The van der Waals surface area contributed by atoms with Crippen LogP contribution in [0.1, 0.15) is 30.3 Å². The number of nitrogens with two attached hydrogens (primary N) is 1. The van der Waals surface area contributed by atoms with Crippen molar-refractivity contribution in [1.29, 1.82) is 0 Å². The number of rotatable bonds is 4. The van der Waals surface area contributed by atoms with E-state index in [4.69, 9.17) is 5.73 Å². The maximum Gasteiger partial charge on any atom is 0.193 e. The summed E-state index contributed by atoms with van der Waals surface area (Å²) in [5.74, 6) is 0.909. The first-order valence-electron chi connectivity index (χ1n) is 6.20. The van der Waals surface area contributed by atoms with E-state index in [0.29, 0.717) is 18.4 Å². The molecule has 0 aliphatic rings. The second-order valence-corrected chi connectivity index (χ2v) is 5.51. The Morgan fingerprint density at radius 3 is 3.00 bits per heavy atom. The SMILES string of the molecule is CC(C)c1cccc(NC(N)=NCc2nccs2)c1. The van der Waals surface area contributed by atoms with Crippen LogP contribution in [0.3, 0.4) is 0 Å². The smallest absolute Gasteiger partial charge is 0.193 e. The zero-order valence-electron chi connectivity index (χ0n) is 11.1. The molecule has 2 aromatic rings. The molecule has 4 nitrogen and oxygen atoms in total. The Balaban J connectivity index is 2.00. The van der Waals surface area contributed by atoms with Gasteiger partial charge in [-0.15, -0.1) is 11.3 Å². The topological polar surface area (TPSA) is 63.3 Å². The van der Waals surface area contributed by atoms with Gasteiger partial charge in [0.1, 0.15) is 5.01 Å². The van der Waals surface area contributed by atoms with Crippen LogP contribution in [-0.4, -0.2) is 10.9 Å². The monoisotopic (exact) mass is 274 g/mol. The van der Waals surface area contributed by atoms with Gasteiger partial charge in [-0.05, 0) is 23.6 Å². The van der Waals surface area contributed by atoms with Crippen molar-refractivity contribution in [3.05, 3.63) is 46.4 Å². The molecule has 1 aromatic heterocycles. The molecular weight excluding hydrogens is 256 g/mol. The minimum atomic E-state index is 0.413. The summed E-state index contributed by atoms with van der Waals surface area (Å²) in [6.07, 6.45) is 1.77. The first kappa shape index (κ1) is 13.5. The lowest BCUT2D eigenvalue weighted by atomic mass is 10.0. The van der Waals surface area contributed by atoms with Gasteiger partial charge in [-0.2, -0.15) is 0 Å². The fourth-order valence-electron chi connectivity index (χ4n) is 1.65. The highest BCUT2D eigenvalue weighted by atomic mass is 32.1. The van der Waals surface area contributed by atoms with Crippen LogP contribution in [-0.2, 0) is 6.54 Å². The fraction of sp³-hybridized carbons (Fsp3) is 0.286. The number of aliphatic imine (C=N–C) groups is 1. The largest absolute Gasteiger partial charge is 0.370 e. The van der Waals surface area contributed by atoms with E-state index in [-0.39, 0.29) is 0 Å². The number of nitrogens with zero attached hydrogens (tertiary/aromatic N) is 2. The molecule has 19 heavy (non-hydrogen) atoms. The summed E-state index contributed by atoms with van der Waals surface area (Å²) < 4.78 is 0. The van der Waals surface area contributed by atoms with Crippen LogP contribution in [0, 0.1) is 0 Å². The molecule has 1 aromatic carbocycles. The molecule has 0 saturated carbocycles. The van der Waals surface area contributed by atoms with E-state index in [1.54, 1.807) is 17.5 Å². The molecule has 0 fully saturated rings. The van der Waals surface area contributed by atoms with Crippen molar-refractivity contribution in [2.75, 3.05) is 5.32 Å². The number of hydrogen-bond donors (Lipinski definition) is 2. The Morgan fingerprint density at radius 1 is 1.47 bits per heavy atom. The van der Waals surface area contributed by atoms with Crippen molar-refractivity contribution in [3.63, 3.8) is 0 Å². The maximum absolute atomic E-state index is 5.86. The Hall–Kier alpha value is -1.88. The van der Waals surface area contributed by atoms with Gasteiger partial charge in [0.05, 0.1) is 6.54 Å². The van der Waals surface area contributed by atoms with Gasteiger partial charge in [-0.1, -0.05) is 26.0 Å². The van der Waals surface area contributed by atoms with E-state index in [1.165, 1.54) is 5.56 Å². The van der Waals surface area contributed by atoms with Crippen molar-refractivity contribution in [3.8, 4) is 0 Å². The molecule has 0 unspecified atom stereocenters. The van der Waals surface area contributed by atoms with E-state index in [9.17, 15) is 0 Å². The molecule has 1 heterocycles. The average molecular weight is 274 g/mol. The van der Waals surface area contributed by atoms with Crippen molar-refractivity contribution in [2.45, 2.75) is 26.3 Å². The number of nitrogens with one attached hydrogen (secondary N) is 1. The number of benzene rings is 1. The highest BCUT2D eigenvalue weighted by Crippen LogP contribution is 2.18. The van der Waals surface area contributed by atoms with E-state index in [1.807, 2.05) is 17.5 Å². The van der Waals surface area contributed by atoms with Gasteiger partial charge in [0, 0.05) is 17.3 Å². The second-order valence-electron chi connectivity index (χ2n) is 4.53. The van der Waals surface area contributed by atoms with Crippen LogP contribution >= 0.6 is 11.3 Å². The molecular formula is C14H18N4S. The Labute approximate surface area is 117 Å².